The number of carbonyl (C=O) groups excluding carboxylic acids is 2. The van der Waals surface area contributed by atoms with Crippen LogP contribution in [0.4, 0.5) is 5.69 Å². The number of para-hydroxylation sites is 1. The van der Waals surface area contributed by atoms with Crippen LogP contribution in [0.5, 0.6) is 0 Å². The fourth-order valence-electron chi connectivity index (χ4n) is 3.70. The van der Waals surface area contributed by atoms with Crippen LogP contribution in [0.3, 0.4) is 0 Å². The summed E-state index contributed by atoms with van der Waals surface area (Å²) in [7, 11) is 0. The fraction of sp³-hybridized carbons (Fsp3) is 0.273. The van der Waals surface area contributed by atoms with E-state index in [2.05, 4.69) is 34.2 Å². The van der Waals surface area contributed by atoms with Crippen molar-refractivity contribution in [1.82, 2.24) is 9.80 Å². The highest BCUT2D eigenvalue weighted by atomic mass is 16.2. The lowest BCUT2D eigenvalue weighted by atomic mass is 10.1. The van der Waals surface area contributed by atoms with Gasteiger partial charge in [0.05, 0.1) is 18.2 Å². The third-order valence-corrected chi connectivity index (χ3v) is 5.20. The van der Waals surface area contributed by atoms with Crippen molar-refractivity contribution in [3.8, 4) is 0 Å². The molecule has 0 radical (unpaired) electrons. The Balaban J connectivity index is 1.37. The van der Waals surface area contributed by atoms with Crippen molar-refractivity contribution in [3.05, 3.63) is 72.4 Å². The molecular formula is C22H23N3O2. The van der Waals surface area contributed by atoms with E-state index in [4.69, 9.17) is 0 Å². The van der Waals surface area contributed by atoms with E-state index in [1.54, 1.807) is 0 Å². The fourth-order valence-corrected chi connectivity index (χ4v) is 3.70. The third kappa shape index (κ3) is 3.78. The minimum atomic E-state index is -0.335. The number of piperazine rings is 1. The molecule has 2 amide bonds. The van der Waals surface area contributed by atoms with Crippen LogP contribution in [0.15, 0.2) is 66.9 Å². The highest BCUT2D eigenvalue weighted by Crippen LogP contribution is 2.26. The van der Waals surface area contributed by atoms with E-state index in [9.17, 15) is 9.59 Å². The first kappa shape index (κ1) is 17.5. The van der Waals surface area contributed by atoms with Crippen molar-refractivity contribution in [1.29, 1.82) is 0 Å². The van der Waals surface area contributed by atoms with Crippen molar-refractivity contribution in [3.63, 3.8) is 0 Å². The molecule has 0 aliphatic carbocycles. The summed E-state index contributed by atoms with van der Waals surface area (Å²) < 4.78 is 0. The predicted molar refractivity (Wildman–Crippen MR) is 106 cm³/mol. The van der Waals surface area contributed by atoms with Gasteiger partial charge in [-0.25, -0.2) is 4.90 Å². The second-order valence-corrected chi connectivity index (χ2v) is 6.92. The molecule has 5 heteroatoms. The van der Waals surface area contributed by atoms with Crippen molar-refractivity contribution in [2.24, 2.45) is 0 Å². The van der Waals surface area contributed by atoms with Crippen molar-refractivity contribution in [2.45, 2.75) is 12.5 Å². The molecular weight excluding hydrogens is 338 g/mol. The lowest BCUT2D eigenvalue weighted by molar-refractivity contribution is -0.123. The molecule has 138 valence electrons. The Morgan fingerprint density at radius 3 is 2.11 bits per heavy atom. The van der Waals surface area contributed by atoms with Gasteiger partial charge in [0.15, 0.2) is 0 Å². The molecule has 0 N–H and O–H groups in total. The molecule has 2 saturated heterocycles. The van der Waals surface area contributed by atoms with Crippen LogP contribution in [-0.4, -0.2) is 53.8 Å². The predicted octanol–water partition coefficient (Wildman–Crippen LogP) is 2.61. The van der Waals surface area contributed by atoms with Crippen molar-refractivity contribution >= 4 is 23.6 Å². The summed E-state index contributed by atoms with van der Waals surface area (Å²) in [5.41, 5.74) is 1.84. The minimum Gasteiger partial charge on any atom is -0.375 e. The Morgan fingerprint density at radius 1 is 0.815 bits per heavy atom. The van der Waals surface area contributed by atoms with Crippen LogP contribution < -0.4 is 4.90 Å². The zero-order chi connectivity index (χ0) is 18.6. The van der Waals surface area contributed by atoms with E-state index in [1.807, 2.05) is 48.5 Å². The number of anilines is 1. The molecule has 5 nitrogen and oxygen atoms in total. The van der Waals surface area contributed by atoms with Gasteiger partial charge in [0, 0.05) is 26.2 Å². The smallest absolute Gasteiger partial charge is 0.251 e. The van der Waals surface area contributed by atoms with E-state index in [1.165, 1.54) is 10.5 Å². The molecule has 4 rings (SSSR count). The second-order valence-electron chi connectivity index (χ2n) is 6.92. The van der Waals surface area contributed by atoms with Gasteiger partial charge in [0.25, 0.3) is 5.91 Å². The summed E-state index contributed by atoms with van der Waals surface area (Å²) in [6, 6.07) is 19.1. The van der Waals surface area contributed by atoms with Crippen LogP contribution in [0, 0.1) is 0 Å². The molecule has 2 heterocycles. The third-order valence-electron chi connectivity index (χ3n) is 5.20. The van der Waals surface area contributed by atoms with Gasteiger partial charge >= 0.3 is 0 Å². The zero-order valence-corrected chi connectivity index (χ0v) is 15.2. The quantitative estimate of drug-likeness (QED) is 0.786. The minimum absolute atomic E-state index is 0.0977. The van der Waals surface area contributed by atoms with Gasteiger partial charge in [-0.15, -0.1) is 0 Å². The summed E-state index contributed by atoms with van der Waals surface area (Å²) in [6.45, 7) is 3.27. The standard InChI is InChI=1S/C22H23N3O2/c26-21-17-20(22(27)25(21)19-9-5-2-6-10-19)24-15-13-23(14-16-24)12-11-18-7-3-1-4-8-18/h1-12,20H,13-17H2/b12-11-/t20-/m1/s1. The first-order chi connectivity index (χ1) is 13.2. The van der Waals surface area contributed by atoms with E-state index in [0.29, 0.717) is 5.69 Å². The van der Waals surface area contributed by atoms with Gasteiger partial charge < -0.3 is 4.90 Å². The Bertz CT molecular complexity index is 827. The van der Waals surface area contributed by atoms with Crippen molar-refractivity contribution in [2.75, 3.05) is 31.1 Å². The van der Waals surface area contributed by atoms with Gasteiger partial charge in [-0.1, -0.05) is 48.5 Å². The molecule has 2 aromatic carbocycles. The van der Waals surface area contributed by atoms with E-state index < -0.39 is 0 Å². The highest BCUT2D eigenvalue weighted by molar-refractivity contribution is 6.22. The average Bonchev–Trinajstić information content (AvgIpc) is 3.02. The monoisotopic (exact) mass is 361 g/mol. The molecule has 2 aliphatic rings. The van der Waals surface area contributed by atoms with Gasteiger partial charge in [0.2, 0.25) is 5.91 Å². The molecule has 2 aromatic rings. The van der Waals surface area contributed by atoms with Gasteiger partial charge in [-0.05, 0) is 30.0 Å². The van der Waals surface area contributed by atoms with Crippen LogP contribution in [0.1, 0.15) is 12.0 Å². The summed E-state index contributed by atoms with van der Waals surface area (Å²) in [5, 5.41) is 0. The van der Waals surface area contributed by atoms with E-state index in [-0.39, 0.29) is 24.3 Å². The number of benzene rings is 2. The average molecular weight is 361 g/mol. The topological polar surface area (TPSA) is 43.9 Å². The number of imide groups is 1. The summed E-state index contributed by atoms with van der Waals surface area (Å²) in [4.78, 5) is 31.0. The lowest BCUT2D eigenvalue weighted by Crippen LogP contribution is -2.51. The van der Waals surface area contributed by atoms with Crippen molar-refractivity contribution < 1.29 is 9.59 Å². The molecule has 2 fully saturated rings. The normalized spacial score (nSPS) is 21.4. The molecule has 0 unspecified atom stereocenters. The SMILES string of the molecule is O=C1C[C@@H](N2CCN(/C=C\c3ccccc3)CC2)C(=O)N1c1ccccc1. The maximum Gasteiger partial charge on any atom is 0.251 e. The number of nitrogens with zero attached hydrogens (tertiary/aromatic N) is 3. The Hall–Kier alpha value is -2.92. The van der Waals surface area contributed by atoms with Crippen LogP contribution in [0.2, 0.25) is 0 Å². The van der Waals surface area contributed by atoms with Gasteiger partial charge in [-0.3, -0.25) is 14.5 Å². The molecule has 0 aromatic heterocycles. The number of amides is 2. The number of hydrogen-bond acceptors (Lipinski definition) is 4. The summed E-state index contributed by atoms with van der Waals surface area (Å²) in [5.74, 6) is -0.206. The largest absolute Gasteiger partial charge is 0.375 e. The molecule has 1 atom stereocenters. The molecule has 2 aliphatic heterocycles. The van der Waals surface area contributed by atoms with E-state index in [0.717, 1.165) is 26.2 Å². The van der Waals surface area contributed by atoms with E-state index >= 15 is 0 Å². The summed E-state index contributed by atoms with van der Waals surface area (Å²) >= 11 is 0. The second kappa shape index (κ2) is 7.76. The van der Waals surface area contributed by atoms with Gasteiger partial charge in [0.1, 0.15) is 0 Å². The molecule has 0 spiro atoms. The Kier molecular flexibility index (Phi) is 5.03. The maximum absolute atomic E-state index is 12.8. The van der Waals surface area contributed by atoms with Crippen LogP contribution >= 0.6 is 0 Å². The lowest BCUT2D eigenvalue weighted by Gasteiger charge is -2.36. The molecule has 0 bridgehead atoms. The van der Waals surface area contributed by atoms with Crippen LogP contribution in [-0.2, 0) is 9.59 Å². The maximum atomic E-state index is 12.8. The Labute approximate surface area is 159 Å². The zero-order valence-electron chi connectivity index (χ0n) is 15.2. The first-order valence-corrected chi connectivity index (χ1v) is 9.35. The molecule has 27 heavy (non-hydrogen) atoms. The van der Waals surface area contributed by atoms with Gasteiger partial charge in [-0.2, -0.15) is 0 Å². The number of carbonyl (C=O) groups is 2. The van der Waals surface area contributed by atoms with Crippen LogP contribution in [0.25, 0.3) is 6.08 Å². The number of rotatable bonds is 4. The Morgan fingerprint density at radius 2 is 1.44 bits per heavy atom. The first-order valence-electron chi connectivity index (χ1n) is 9.35. The highest BCUT2D eigenvalue weighted by Gasteiger charge is 2.43. The number of hydrogen-bond donors (Lipinski definition) is 0. The molecule has 0 saturated carbocycles. The summed E-state index contributed by atoms with van der Waals surface area (Å²) in [6.07, 6.45) is 4.50.